The number of Topliss-reactive ketones (excluding diaryl/α,β-unsaturated/α-hetero) is 1. The van der Waals surface area contributed by atoms with Crippen LogP contribution in [0.4, 0.5) is 10.1 Å². The van der Waals surface area contributed by atoms with Gasteiger partial charge in [-0.05, 0) is 35.0 Å². The molecule has 0 radical (unpaired) electrons. The molecule has 20 heavy (non-hydrogen) atoms. The molecule has 0 aliphatic heterocycles. The monoisotopic (exact) mass is 345 g/mol. The van der Waals surface area contributed by atoms with Crippen LogP contribution < -0.4 is 4.90 Å². The van der Waals surface area contributed by atoms with Crippen molar-refractivity contribution < 1.29 is 23.5 Å². The van der Waals surface area contributed by atoms with Gasteiger partial charge in [0.2, 0.25) is 11.7 Å². The zero-order chi connectivity index (χ0) is 15.3. The molecule has 108 valence electrons. The topological polar surface area (TPSA) is 63.7 Å². The molecule has 0 aliphatic carbocycles. The number of rotatable bonds is 5. The molecule has 0 N–H and O–H groups in total. The largest absolute Gasteiger partial charge is 0.460 e. The standard InChI is InChI=1S/C13H13BrFNO4/c1-3-20-13(19)10(17)7-11(18)16(2)9-6-4-5-8(15)12(9)14/h4-6H,3,7H2,1-2H3. The maximum Gasteiger partial charge on any atom is 0.375 e. The van der Waals surface area contributed by atoms with Crippen LogP contribution in [0.5, 0.6) is 0 Å². The minimum atomic E-state index is -1.05. The molecule has 0 aliphatic rings. The average molecular weight is 346 g/mol. The number of benzene rings is 1. The van der Waals surface area contributed by atoms with Crippen molar-refractivity contribution >= 4 is 39.3 Å². The van der Waals surface area contributed by atoms with Crippen molar-refractivity contribution in [3.05, 3.63) is 28.5 Å². The predicted octanol–water partition coefficient (Wildman–Crippen LogP) is 2.07. The van der Waals surface area contributed by atoms with Crippen LogP contribution in [0, 0.1) is 5.82 Å². The Bertz CT molecular complexity index is 547. The number of amides is 1. The Kier molecular flexibility index (Phi) is 5.82. The molecule has 0 saturated carbocycles. The lowest BCUT2D eigenvalue weighted by Crippen LogP contribution is -2.31. The van der Waals surface area contributed by atoms with Crippen molar-refractivity contribution in [2.24, 2.45) is 0 Å². The van der Waals surface area contributed by atoms with Gasteiger partial charge < -0.3 is 9.64 Å². The van der Waals surface area contributed by atoms with E-state index < -0.39 is 29.9 Å². The van der Waals surface area contributed by atoms with Crippen molar-refractivity contribution in [3.8, 4) is 0 Å². The number of halogens is 2. The number of hydrogen-bond donors (Lipinski definition) is 0. The van der Waals surface area contributed by atoms with Crippen LogP contribution in [-0.4, -0.2) is 31.3 Å². The summed E-state index contributed by atoms with van der Waals surface area (Å²) < 4.78 is 18.0. The lowest BCUT2D eigenvalue weighted by molar-refractivity contribution is -0.154. The summed E-state index contributed by atoms with van der Waals surface area (Å²) in [6.07, 6.45) is -0.627. The Hall–Kier alpha value is -1.76. The van der Waals surface area contributed by atoms with E-state index in [4.69, 9.17) is 0 Å². The highest BCUT2D eigenvalue weighted by Gasteiger charge is 2.23. The van der Waals surface area contributed by atoms with Gasteiger partial charge >= 0.3 is 5.97 Å². The zero-order valence-electron chi connectivity index (χ0n) is 11.0. The predicted molar refractivity (Wildman–Crippen MR) is 73.8 cm³/mol. The van der Waals surface area contributed by atoms with E-state index >= 15 is 0 Å². The van der Waals surface area contributed by atoms with E-state index in [1.54, 1.807) is 6.92 Å². The van der Waals surface area contributed by atoms with Gasteiger partial charge in [-0.3, -0.25) is 9.59 Å². The molecule has 0 unspecified atom stereocenters. The van der Waals surface area contributed by atoms with Gasteiger partial charge in [-0.1, -0.05) is 6.07 Å². The summed E-state index contributed by atoms with van der Waals surface area (Å²) in [7, 11) is 1.39. The van der Waals surface area contributed by atoms with Crippen LogP contribution in [-0.2, 0) is 19.1 Å². The first-order valence-corrected chi connectivity index (χ1v) is 6.58. The molecule has 0 bridgehead atoms. The Morgan fingerprint density at radius 1 is 1.35 bits per heavy atom. The lowest BCUT2D eigenvalue weighted by Gasteiger charge is -2.18. The maximum absolute atomic E-state index is 13.4. The van der Waals surface area contributed by atoms with E-state index in [1.807, 2.05) is 0 Å². The first-order chi connectivity index (χ1) is 9.38. The minimum Gasteiger partial charge on any atom is -0.460 e. The molecule has 0 atom stereocenters. The summed E-state index contributed by atoms with van der Waals surface area (Å²) in [6.45, 7) is 1.62. The Labute approximate surface area is 123 Å². The number of ether oxygens (including phenoxy) is 1. The first-order valence-electron chi connectivity index (χ1n) is 5.79. The van der Waals surface area contributed by atoms with Gasteiger partial charge in [0.25, 0.3) is 0 Å². The van der Waals surface area contributed by atoms with Gasteiger partial charge in [0.05, 0.1) is 23.2 Å². The third kappa shape index (κ3) is 3.86. The second-order valence-electron chi connectivity index (χ2n) is 3.85. The van der Waals surface area contributed by atoms with Crippen LogP contribution in [0.1, 0.15) is 13.3 Å². The van der Waals surface area contributed by atoms with Crippen molar-refractivity contribution in [2.75, 3.05) is 18.6 Å². The molecule has 1 rings (SSSR count). The third-order valence-electron chi connectivity index (χ3n) is 2.48. The highest BCUT2D eigenvalue weighted by atomic mass is 79.9. The molecule has 0 saturated heterocycles. The fourth-order valence-corrected chi connectivity index (χ4v) is 1.96. The smallest absolute Gasteiger partial charge is 0.375 e. The summed E-state index contributed by atoms with van der Waals surface area (Å²) >= 11 is 3.02. The summed E-state index contributed by atoms with van der Waals surface area (Å²) in [5, 5.41) is 0. The third-order valence-corrected chi connectivity index (χ3v) is 3.27. The molecule has 0 heterocycles. The number of esters is 1. The van der Waals surface area contributed by atoms with E-state index in [9.17, 15) is 18.8 Å². The number of carbonyl (C=O) groups is 3. The molecular weight excluding hydrogens is 333 g/mol. The number of ketones is 1. The highest BCUT2D eigenvalue weighted by Crippen LogP contribution is 2.28. The van der Waals surface area contributed by atoms with Crippen molar-refractivity contribution in [1.82, 2.24) is 0 Å². The van der Waals surface area contributed by atoms with Crippen molar-refractivity contribution in [1.29, 1.82) is 0 Å². The highest BCUT2D eigenvalue weighted by molar-refractivity contribution is 9.10. The number of anilines is 1. The minimum absolute atomic E-state index is 0.0596. The molecular formula is C13H13BrFNO4. The molecule has 0 spiro atoms. The number of nitrogens with zero attached hydrogens (tertiary/aromatic N) is 1. The summed E-state index contributed by atoms with van der Waals surface area (Å²) in [5.74, 6) is -3.14. The average Bonchev–Trinajstić information content (AvgIpc) is 2.41. The Morgan fingerprint density at radius 2 is 2.00 bits per heavy atom. The molecule has 0 fully saturated rings. The van der Waals surface area contributed by atoms with Crippen LogP contribution >= 0.6 is 15.9 Å². The van der Waals surface area contributed by atoms with Gasteiger partial charge in [-0.2, -0.15) is 0 Å². The number of hydrogen-bond acceptors (Lipinski definition) is 4. The molecule has 1 amide bonds. The lowest BCUT2D eigenvalue weighted by atomic mass is 10.2. The quantitative estimate of drug-likeness (QED) is 0.465. The van der Waals surface area contributed by atoms with E-state index in [2.05, 4.69) is 20.7 Å². The van der Waals surface area contributed by atoms with E-state index in [0.29, 0.717) is 0 Å². The van der Waals surface area contributed by atoms with Crippen LogP contribution in [0.3, 0.4) is 0 Å². The van der Waals surface area contributed by atoms with E-state index in [1.165, 1.54) is 25.2 Å². The second-order valence-corrected chi connectivity index (χ2v) is 4.64. The van der Waals surface area contributed by atoms with Crippen LogP contribution in [0.2, 0.25) is 0 Å². The van der Waals surface area contributed by atoms with Crippen LogP contribution in [0.15, 0.2) is 22.7 Å². The van der Waals surface area contributed by atoms with Gasteiger partial charge in [-0.25, -0.2) is 9.18 Å². The summed E-state index contributed by atoms with van der Waals surface area (Å²) in [6, 6.07) is 4.18. The van der Waals surface area contributed by atoms with Gasteiger partial charge in [-0.15, -0.1) is 0 Å². The fourth-order valence-electron chi connectivity index (χ4n) is 1.43. The van der Waals surface area contributed by atoms with Gasteiger partial charge in [0.15, 0.2) is 0 Å². The van der Waals surface area contributed by atoms with E-state index in [0.717, 1.165) is 4.90 Å². The molecule has 0 aromatic heterocycles. The Balaban J connectivity index is 2.80. The molecule has 1 aromatic carbocycles. The number of carbonyl (C=O) groups excluding carboxylic acids is 3. The molecule has 1 aromatic rings. The van der Waals surface area contributed by atoms with Gasteiger partial charge in [0.1, 0.15) is 5.82 Å². The maximum atomic E-state index is 13.4. The SMILES string of the molecule is CCOC(=O)C(=O)CC(=O)N(C)c1cccc(F)c1Br. The first kappa shape index (κ1) is 16.3. The molecule has 5 nitrogen and oxygen atoms in total. The summed E-state index contributed by atoms with van der Waals surface area (Å²) in [4.78, 5) is 35.6. The molecule has 7 heteroatoms. The Morgan fingerprint density at radius 3 is 2.60 bits per heavy atom. The zero-order valence-corrected chi connectivity index (χ0v) is 12.6. The fraction of sp³-hybridized carbons (Fsp3) is 0.308. The van der Waals surface area contributed by atoms with Gasteiger partial charge in [0, 0.05) is 7.05 Å². The second kappa shape index (κ2) is 7.14. The summed E-state index contributed by atoms with van der Waals surface area (Å²) in [5.41, 5.74) is 0.270. The van der Waals surface area contributed by atoms with E-state index in [-0.39, 0.29) is 16.8 Å². The van der Waals surface area contributed by atoms with Crippen molar-refractivity contribution in [2.45, 2.75) is 13.3 Å². The van der Waals surface area contributed by atoms with Crippen molar-refractivity contribution in [3.63, 3.8) is 0 Å². The van der Waals surface area contributed by atoms with Crippen LogP contribution in [0.25, 0.3) is 0 Å². The normalized spacial score (nSPS) is 10.0.